The lowest BCUT2D eigenvalue weighted by molar-refractivity contribution is -0.136. The zero-order chi connectivity index (χ0) is 8.85. The van der Waals surface area contributed by atoms with Gasteiger partial charge in [-0.25, -0.2) is 0 Å². The Balaban J connectivity index is 3.37. The largest absolute Gasteiger partial charge is 0.480 e. The number of carboxylic acids is 1. The molecule has 4 heteroatoms. The Hall–Kier alpha value is -0.610. The molecule has 0 spiro atoms. The van der Waals surface area contributed by atoms with E-state index in [2.05, 4.69) is 5.32 Å². The number of rotatable bonds is 5. The molecule has 0 bridgehead atoms. The van der Waals surface area contributed by atoms with Crippen molar-refractivity contribution >= 4 is 5.97 Å². The number of hydrogen-bond donors (Lipinski definition) is 3. The summed E-state index contributed by atoms with van der Waals surface area (Å²) in [5.74, 6) is -0.379. The van der Waals surface area contributed by atoms with Crippen molar-refractivity contribution in [1.29, 1.82) is 0 Å². The number of carboxylic acid groups (broad SMARTS) is 1. The molecule has 1 atom stereocenters. The van der Waals surface area contributed by atoms with E-state index in [9.17, 15) is 4.79 Å². The molecular weight excluding hydrogens is 144 g/mol. The minimum Gasteiger partial charge on any atom is -0.480 e. The molecule has 0 heterocycles. The topological polar surface area (TPSA) is 75.3 Å². The maximum atomic E-state index is 10.1. The van der Waals surface area contributed by atoms with Gasteiger partial charge in [-0.05, 0) is 12.3 Å². The first kappa shape index (κ1) is 10.4. The first-order valence-corrected chi connectivity index (χ1v) is 3.73. The van der Waals surface area contributed by atoms with Crippen molar-refractivity contribution in [2.45, 2.75) is 26.4 Å². The van der Waals surface area contributed by atoms with Gasteiger partial charge < -0.3 is 10.8 Å². The minimum absolute atomic E-state index is 0.0616. The standard InChI is InChI=1S/C7H16N2O2/c1-5(2)3-6(8)9-4-7(10)11/h5-6,9H,3-4,8H2,1-2H3,(H,10,11). The number of nitrogens with one attached hydrogen (secondary N) is 1. The summed E-state index contributed by atoms with van der Waals surface area (Å²) >= 11 is 0. The molecular formula is C7H16N2O2. The maximum absolute atomic E-state index is 10.1. The molecule has 11 heavy (non-hydrogen) atoms. The molecule has 4 N–H and O–H groups in total. The lowest BCUT2D eigenvalue weighted by Crippen LogP contribution is -2.41. The first-order chi connectivity index (χ1) is 5.02. The summed E-state index contributed by atoms with van der Waals surface area (Å²) in [7, 11) is 0. The molecule has 0 aliphatic heterocycles. The van der Waals surface area contributed by atoms with E-state index in [4.69, 9.17) is 10.8 Å². The Morgan fingerprint density at radius 1 is 1.64 bits per heavy atom. The van der Waals surface area contributed by atoms with E-state index >= 15 is 0 Å². The van der Waals surface area contributed by atoms with Gasteiger partial charge in [0.1, 0.15) is 0 Å². The Morgan fingerprint density at radius 2 is 2.18 bits per heavy atom. The smallest absolute Gasteiger partial charge is 0.317 e. The number of hydrogen-bond acceptors (Lipinski definition) is 3. The summed E-state index contributed by atoms with van der Waals surface area (Å²) in [5, 5.41) is 11.0. The van der Waals surface area contributed by atoms with Gasteiger partial charge in [0.25, 0.3) is 0 Å². The van der Waals surface area contributed by atoms with Gasteiger partial charge in [-0.3, -0.25) is 10.1 Å². The molecule has 0 aliphatic rings. The fourth-order valence-electron chi connectivity index (χ4n) is 0.810. The van der Waals surface area contributed by atoms with Crippen LogP contribution in [0.15, 0.2) is 0 Å². The molecule has 4 nitrogen and oxygen atoms in total. The van der Waals surface area contributed by atoms with Crippen molar-refractivity contribution in [2.24, 2.45) is 11.7 Å². The molecule has 0 saturated heterocycles. The molecule has 1 unspecified atom stereocenters. The summed E-state index contributed by atoms with van der Waals surface area (Å²) in [6, 6.07) is 0. The summed E-state index contributed by atoms with van der Waals surface area (Å²) in [4.78, 5) is 10.1. The molecule has 66 valence electrons. The molecule has 0 aromatic rings. The van der Waals surface area contributed by atoms with E-state index in [1.54, 1.807) is 0 Å². The van der Waals surface area contributed by atoms with Gasteiger partial charge in [0.15, 0.2) is 0 Å². The SMILES string of the molecule is CC(C)CC(N)NCC(=O)O. The minimum atomic E-state index is -0.871. The zero-order valence-corrected chi connectivity index (χ0v) is 7.00. The van der Waals surface area contributed by atoms with Crippen molar-refractivity contribution in [3.63, 3.8) is 0 Å². The third-order valence-corrected chi connectivity index (χ3v) is 1.24. The molecule has 0 aliphatic carbocycles. The Bertz CT molecular complexity index is 126. The quantitative estimate of drug-likeness (QED) is 0.494. The molecule has 0 rings (SSSR count). The van der Waals surface area contributed by atoms with Gasteiger partial charge in [0.2, 0.25) is 0 Å². The fraction of sp³-hybridized carbons (Fsp3) is 0.857. The molecule has 0 aromatic carbocycles. The van der Waals surface area contributed by atoms with Crippen molar-refractivity contribution in [3.8, 4) is 0 Å². The number of carbonyl (C=O) groups is 1. The van der Waals surface area contributed by atoms with Crippen LogP contribution in [0.3, 0.4) is 0 Å². The third kappa shape index (κ3) is 7.29. The Kier molecular flexibility index (Phi) is 4.81. The molecule has 0 amide bonds. The molecule has 0 fully saturated rings. The van der Waals surface area contributed by atoms with Gasteiger partial charge in [-0.15, -0.1) is 0 Å². The van der Waals surface area contributed by atoms with Crippen LogP contribution < -0.4 is 11.1 Å². The van der Waals surface area contributed by atoms with Crippen molar-refractivity contribution < 1.29 is 9.90 Å². The molecule has 0 radical (unpaired) electrons. The number of aliphatic carboxylic acids is 1. The highest BCUT2D eigenvalue weighted by Gasteiger charge is 2.05. The summed E-state index contributed by atoms with van der Waals surface area (Å²) in [6.07, 6.45) is 0.596. The molecule has 0 saturated carbocycles. The van der Waals surface area contributed by atoms with E-state index in [0.717, 1.165) is 6.42 Å². The van der Waals surface area contributed by atoms with Crippen LogP contribution in [0.2, 0.25) is 0 Å². The van der Waals surface area contributed by atoms with Crippen molar-refractivity contribution in [2.75, 3.05) is 6.54 Å². The summed E-state index contributed by atoms with van der Waals surface area (Å²) in [6.45, 7) is 4.03. The van der Waals surface area contributed by atoms with Gasteiger partial charge in [-0.2, -0.15) is 0 Å². The van der Waals surface area contributed by atoms with E-state index in [0.29, 0.717) is 5.92 Å². The highest BCUT2D eigenvalue weighted by atomic mass is 16.4. The van der Waals surface area contributed by atoms with Gasteiger partial charge >= 0.3 is 5.97 Å². The second kappa shape index (κ2) is 5.09. The Morgan fingerprint density at radius 3 is 2.55 bits per heavy atom. The van der Waals surface area contributed by atoms with Crippen LogP contribution in [-0.4, -0.2) is 23.8 Å². The van der Waals surface area contributed by atoms with E-state index in [-0.39, 0.29) is 12.7 Å². The monoisotopic (exact) mass is 160 g/mol. The summed E-state index contributed by atoms with van der Waals surface area (Å²) < 4.78 is 0. The van der Waals surface area contributed by atoms with E-state index in [1.807, 2.05) is 13.8 Å². The number of nitrogens with two attached hydrogens (primary N) is 1. The average molecular weight is 160 g/mol. The normalized spacial score (nSPS) is 13.5. The van der Waals surface area contributed by atoms with Gasteiger partial charge in [0, 0.05) is 0 Å². The van der Waals surface area contributed by atoms with Crippen LogP contribution in [0, 0.1) is 5.92 Å². The molecule has 0 aromatic heterocycles. The lowest BCUT2D eigenvalue weighted by Gasteiger charge is -2.13. The van der Waals surface area contributed by atoms with Crippen LogP contribution in [0.1, 0.15) is 20.3 Å². The highest BCUT2D eigenvalue weighted by molar-refractivity contribution is 5.69. The van der Waals surface area contributed by atoms with Gasteiger partial charge in [0.05, 0.1) is 12.7 Å². The van der Waals surface area contributed by atoms with Crippen molar-refractivity contribution in [1.82, 2.24) is 5.32 Å². The van der Waals surface area contributed by atoms with Crippen LogP contribution >= 0.6 is 0 Å². The summed E-state index contributed by atoms with van der Waals surface area (Å²) in [5.41, 5.74) is 5.55. The van der Waals surface area contributed by atoms with Crippen LogP contribution in [0.25, 0.3) is 0 Å². The first-order valence-electron chi connectivity index (χ1n) is 3.73. The van der Waals surface area contributed by atoms with Crippen molar-refractivity contribution in [3.05, 3.63) is 0 Å². The predicted octanol–water partition coefficient (Wildman–Crippen LogP) is -0.00850. The van der Waals surface area contributed by atoms with Gasteiger partial charge in [-0.1, -0.05) is 13.8 Å². The maximum Gasteiger partial charge on any atom is 0.317 e. The third-order valence-electron chi connectivity index (χ3n) is 1.24. The highest BCUT2D eigenvalue weighted by Crippen LogP contribution is 1.99. The van der Waals surface area contributed by atoms with Crippen LogP contribution in [0.4, 0.5) is 0 Å². The average Bonchev–Trinajstić information content (AvgIpc) is 1.82. The second-order valence-corrected chi connectivity index (χ2v) is 3.01. The van der Waals surface area contributed by atoms with E-state index in [1.165, 1.54) is 0 Å². The fourth-order valence-corrected chi connectivity index (χ4v) is 0.810. The lowest BCUT2D eigenvalue weighted by atomic mass is 10.1. The second-order valence-electron chi connectivity index (χ2n) is 3.01. The van der Waals surface area contributed by atoms with E-state index < -0.39 is 5.97 Å². The predicted molar refractivity (Wildman–Crippen MR) is 43.1 cm³/mol. The Labute approximate surface area is 66.8 Å². The van der Waals surface area contributed by atoms with Crippen LogP contribution in [0.5, 0.6) is 0 Å². The van der Waals surface area contributed by atoms with Crippen LogP contribution in [-0.2, 0) is 4.79 Å². The zero-order valence-electron chi connectivity index (χ0n) is 7.00.